The van der Waals surface area contributed by atoms with Crippen LogP contribution in [0.5, 0.6) is 5.75 Å². The minimum absolute atomic E-state index is 0.000656. The monoisotopic (exact) mass is 470 g/mol. The van der Waals surface area contributed by atoms with Crippen molar-refractivity contribution in [1.29, 1.82) is 0 Å². The van der Waals surface area contributed by atoms with Gasteiger partial charge in [-0.2, -0.15) is 0 Å². The second-order valence-corrected chi connectivity index (χ2v) is 10.3. The van der Waals surface area contributed by atoms with Crippen LogP contribution < -0.4 is 4.74 Å². The highest BCUT2D eigenvalue weighted by Gasteiger charge is 2.33. The maximum Gasteiger partial charge on any atom is 0.242 e. The molecular formula is C27H38N2O3S. The standard InChI is InChI=1S/C27H38N2O3S/c1-6-20(5)16-28(26(30)7-2)17-27(31)29-14-12-25-23(13-15-33-25)24(29)18-32-22-10-8-21(9-11-22)19(3)4/h8-11,13,15,19-20,24H,6-7,12,14,16-18H2,1-5H3. The number of hydrogen-bond acceptors (Lipinski definition) is 4. The molecule has 5 nitrogen and oxygen atoms in total. The van der Waals surface area contributed by atoms with E-state index < -0.39 is 0 Å². The first kappa shape index (κ1) is 25.3. The van der Waals surface area contributed by atoms with Gasteiger partial charge in [-0.3, -0.25) is 9.59 Å². The van der Waals surface area contributed by atoms with E-state index in [0.717, 1.165) is 18.6 Å². The van der Waals surface area contributed by atoms with E-state index in [1.165, 1.54) is 16.0 Å². The summed E-state index contributed by atoms with van der Waals surface area (Å²) in [6.07, 6.45) is 2.25. The smallest absolute Gasteiger partial charge is 0.242 e. The van der Waals surface area contributed by atoms with Gasteiger partial charge in [-0.15, -0.1) is 11.3 Å². The molecule has 3 rings (SSSR count). The topological polar surface area (TPSA) is 49.9 Å². The van der Waals surface area contributed by atoms with Gasteiger partial charge in [0.2, 0.25) is 11.8 Å². The zero-order chi connectivity index (χ0) is 24.0. The van der Waals surface area contributed by atoms with Crippen LogP contribution in [0.4, 0.5) is 0 Å². The Balaban J connectivity index is 1.74. The highest BCUT2D eigenvalue weighted by atomic mass is 32.1. The number of benzene rings is 1. The lowest BCUT2D eigenvalue weighted by molar-refractivity contribution is -0.143. The van der Waals surface area contributed by atoms with Gasteiger partial charge in [0.25, 0.3) is 0 Å². The van der Waals surface area contributed by atoms with E-state index in [4.69, 9.17) is 4.74 Å². The number of rotatable bonds is 10. The summed E-state index contributed by atoms with van der Waals surface area (Å²) in [7, 11) is 0. The molecule has 0 saturated carbocycles. The zero-order valence-electron chi connectivity index (χ0n) is 20.7. The van der Waals surface area contributed by atoms with E-state index in [-0.39, 0.29) is 24.4 Å². The summed E-state index contributed by atoms with van der Waals surface area (Å²) in [6.45, 7) is 12.3. The molecule has 180 valence electrons. The summed E-state index contributed by atoms with van der Waals surface area (Å²) in [5.41, 5.74) is 2.45. The molecule has 2 atom stereocenters. The van der Waals surface area contributed by atoms with Crippen LogP contribution in [-0.2, 0) is 16.0 Å². The fourth-order valence-corrected chi connectivity index (χ4v) is 5.16. The molecule has 0 radical (unpaired) electrons. The van der Waals surface area contributed by atoms with Crippen LogP contribution in [0.15, 0.2) is 35.7 Å². The Morgan fingerprint density at radius 1 is 1.15 bits per heavy atom. The molecule has 2 amide bonds. The predicted molar refractivity (Wildman–Crippen MR) is 135 cm³/mol. The molecule has 1 aliphatic heterocycles. The van der Waals surface area contributed by atoms with E-state index in [0.29, 0.717) is 38.0 Å². The van der Waals surface area contributed by atoms with E-state index >= 15 is 0 Å². The number of amides is 2. The lowest BCUT2D eigenvalue weighted by atomic mass is 10.00. The fourth-order valence-electron chi connectivity index (χ4n) is 4.24. The van der Waals surface area contributed by atoms with Gasteiger partial charge in [0.1, 0.15) is 12.4 Å². The summed E-state index contributed by atoms with van der Waals surface area (Å²) in [5.74, 6) is 1.69. The molecule has 0 fully saturated rings. The van der Waals surface area contributed by atoms with Gasteiger partial charge in [0, 0.05) is 24.4 Å². The molecule has 0 saturated heterocycles. The van der Waals surface area contributed by atoms with Crippen LogP contribution in [0, 0.1) is 5.92 Å². The lowest BCUT2D eigenvalue weighted by Crippen LogP contribution is -2.48. The third-order valence-corrected chi connectivity index (χ3v) is 7.58. The molecular weight excluding hydrogens is 432 g/mol. The SMILES string of the molecule is CCC(=O)N(CC(=O)N1CCc2sccc2C1COc1ccc(C(C)C)cc1)CC(C)CC. The van der Waals surface area contributed by atoms with Crippen molar-refractivity contribution in [2.24, 2.45) is 5.92 Å². The van der Waals surface area contributed by atoms with Crippen LogP contribution in [-0.4, -0.2) is 47.9 Å². The molecule has 6 heteroatoms. The maximum absolute atomic E-state index is 13.5. The van der Waals surface area contributed by atoms with Crippen molar-refractivity contribution < 1.29 is 14.3 Å². The average molecular weight is 471 g/mol. The third kappa shape index (κ3) is 6.38. The summed E-state index contributed by atoms with van der Waals surface area (Å²) in [6, 6.07) is 10.2. The Morgan fingerprint density at radius 3 is 2.52 bits per heavy atom. The molecule has 2 aromatic rings. The van der Waals surface area contributed by atoms with Gasteiger partial charge in [-0.25, -0.2) is 0 Å². The van der Waals surface area contributed by atoms with Crippen molar-refractivity contribution in [3.05, 3.63) is 51.7 Å². The molecule has 0 N–H and O–H groups in total. The van der Waals surface area contributed by atoms with Crippen LogP contribution in [0.1, 0.15) is 75.4 Å². The zero-order valence-corrected chi connectivity index (χ0v) is 21.5. The molecule has 0 spiro atoms. The predicted octanol–water partition coefficient (Wildman–Crippen LogP) is 5.66. The minimum atomic E-state index is -0.139. The Hall–Kier alpha value is -2.34. The van der Waals surface area contributed by atoms with Crippen molar-refractivity contribution in [1.82, 2.24) is 9.80 Å². The maximum atomic E-state index is 13.5. The highest BCUT2D eigenvalue weighted by molar-refractivity contribution is 7.10. The molecule has 2 unspecified atom stereocenters. The lowest BCUT2D eigenvalue weighted by Gasteiger charge is -2.37. The van der Waals surface area contributed by atoms with Crippen molar-refractivity contribution in [2.75, 3.05) is 26.2 Å². The molecule has 33 heavy (non-hydrogen) atoms. The Morgan fingerprint density at radius 2 is 1.88 bits per heavy atom. The summed E-state index contributed by atoms with van der Waals surface area (Å²) >= 11 is 1.75. The number of hydrogen-bond donors (Lipinski definition) is 0. The summed E-state index contributed by atoms with van der Waals surface area (Å²) < 4.78 is 6.17. The van der Waals surface area contributed by atoms with Crippen LogP contribution in [0.3, 0.4) is 0 Å². The second-order valence-electron chi connectivity index (χ2n) is 9.33. The average Bonchev–Trinajstić information content (AvgIpc) is 3.30. The molecule has 2 heterocycles. The molecule has 1 aromatic heterocycles. The van der Waals surface area contributed by atoms with E-state index in [1.54, 1.807) is 16.2 Å². The Bertz CT molecular complexity index is 922. The largest absolute Gasteiger partial charge is 0.491 e. The summed E-state index contributed by atoms with van der Waals surface area (Å²) in [5, 5.41) is 2.10. The molecule has 0 bridgehead atoms. The third-order valence-electron chi connectivity index (χ3n) is 6.58. The first-order chi connectivity index (χ1) is 15.8. The number of ether oxygens (including phenoxy) is 1. The molecule has 1 aliphatic rings. The second kappa shape index (κ2) is 11.7. The van der Waals surface area contributed by atoms with Crippen LogP contribution in [0.25, 0.3) is 0 Å². The first-order valence-corrected chi connectivity index (χ1v) is 13.1. The highest BCUT2D eigenvalue weighted by Crippen LogP contribution is 2.34. The normalized spacial score (nSPS) is 16.4. The Labute approximate surface area is 202 Å². The van der Waals surface area contributed by atoms with Gasteiger partial charge >= 0.3 is 0 Å². The van der Waals surface area contributed by atoms with Crippen molar-refractivity contribution in [3.8, 4) is 5.75 Å². The van der Waals surface area contributed by atoms with Crippen molar-refractivity contribution in [2.45, 2.75) is 65.8 Å². The quantitative estimate of drug-likeness (QED) is 0.450. The van der Waals surface area contributed by atoms with Crippen LogP contribution >= 0.6 is 11.3 Å². The van der Waals surface area contributed by atoms with Gasteiger partial charge in [-0.05, 0) is 53.0 Å². The van der Waals surface area contributed by atoms with Crippen molar-refractivity contribution in [3.63, 3.8) is 0 Å². The molecule has 0 aliphatic carbocycles. The summed E-state index contributed by atoms with van der Waals surface area (Å²) in [4.78, 5) is 31.0. The number of thiophene rings is 1. The number of carbonyl (C=O) groups excluding carboxylic acids is 2. The van der Waals surface area contributed by atoms with E-state index in [2.05, 4.69) is 51.3 Å². The number of carbonyl (C=O) groups is 2. The van der Waals surface area contributed by atoms with Gasteiger partial charge in [0.15, 0.2) is 0 Å². The van der Waals surface area contributed by atoms with Gasteiger partial charge in [0.05, 0.1) is 12.6 Å². The Kier molecular flexibility index (Phi) is 8.95. The van der Waals surface area contributed by atoms with Crippen molar-refractivity contribution >= 4 is 23.2 Å². The van der Waals surface area contributed by atoms with E-state index in [1.807, 2.05) is 24.0 Å². The number of nitrogens with zero attached hydrogens (tertiary/aromatic N) is 2. The van der Waals surface area contributed by atoms with E-state index in [9.17, 15) is 9.59 Å². The molecule has 1 aromatic carbocycles. The van der Waals surface area contributed by atoms with Gasteiger partial charge in [-0.1, -0.05) is 53.2 Å². The van der Waals surface area contributed by atoms with Crippen LogP contribution in [0.2, 0.25) is 0 Å². The first-order valence-electron chi connectivity index (χ1n) is 12.2. The number of fused-ring (bicyclic) bond motifs is 1. The fraction of sp³-hybridized carbons (Fsp3) is 0.556. The minimum Gasteiger partial charge on any atom is -0.491 e. The van der Waals surface area contributed by atoms with Gasteiger partial charge < -0.3 is 14.5 Å².